The molecule has 2 atom stereocenters. The van der Waals surface area contributed by atoms with Crippen molar-refractivity contribution in [3.63, 3.8) is 0 Å². The fraction of sp³-hybridized carbons (Fsp3) is 0.458. The maximum Gasteiger partial charge on any atom is 0.339 e. The summed E-state index contributed by atoms with van der Waals surface area (Å²) in [6.07, 6.45) is 7.04. The lowest BCUT2D eigenvalue weighted by Gasteiger charge is -2.36. The van der Waals surface area contributed by atoms with Crippen LogP contribution in [0.4, 0.5) is 4.39 Å². The fourth-order valence-corrected chi connectivity index (χ4v) is 5.11. The summed E-state index contributed by atoms with van der Waals surface area (Å²) in [6.45, 7) is 0.460. The first-order valence-corrected chi connectivity index (χ1v) is 10.9. The van der Waals surface area contributed by atoms with Crippen LogP contribution in [0.3, 0.4) is 0 Å². The Balaban J connectivity index is 1.14. The van der Waals surface area contributed by atoms with Crippen LogP contribution < -0.4 is 5.32 Å². The molecule has 31 heavy (non-hydrogen) atoms. The van der Waals surface area contributed by atoms with Gasteiger partial charge in [0, 0.05) is 29.8 Å². The number of fused-ring (bicyclic) bond motifs is 2. The van der Waals surface area contributed by atoms with Gasteiger partial charge in [-0.1, -0.05) is 12.1 Å². The zero-order valence-electron chi connectivity index (χ0n) is 17.2. The van der Waals surface area contributed by atoms with Gasteiger partial charge in [0.2, 0.25) is 5.91 Å². The maximum absolute atomic E-state index is 13.5. The molecule has 2 aromatic rings. The van der Waals surface area contributed by atoms with Gasteiger partial charge in [-0.3, -0.25) is 9.78 Å². The molecule has 1 aliphatic carbocycles. The van der Waals surface area contributed by atoms with Crippen molar-refractivity contribution in [3.05, 3.63) is 65.2 Å². The first-order valence-electron chi connectivity index (χ1n) is 10.9. The zero-order chi connectivity index (χ0) is 21.4. The van der Waals surface area contributed by atoms with Crippen molar-refractivity contribution in [3.8, 4) is 0 Å². The highest BCUT2D eigenvalue weighted by atomic mass is 19.1. The monoisotopic (exact) mass is 424 g/mol. The van der Waals surface area contributed by atoms with Gasteiger partial charge in [0.05, 0.1) is 12.2 Å². The highest BCUT2D eigenvalue weighted by molar-refractivity contribution is 5.94. The number of aromatic nitrogens is 1. The van der Waals surface area contributed by atoms with Crippen LogP contribution in [0.2, 0.25) is 0 Å². The minimum atomic E-state index is -0.642. The van der Waals surface area contributed by atoms with Gasteiger partial charge in [-0.15, -0.1) is 0 Å². The Morgan fingerprint density at radius 2 is 2.00 bits per heavy atom. The molecular weight excluding hydrogens is 399 g/mol. The highest BCUT2D eigenvalue weighted by Gasteiger charge is 2.48. The molecule has 1 saturated carbocycles. The van der Waals surface area contributed by atoms with E-state index in [1.165, 1.54) is 6.07 Å². The fourth-order valence-electron chi connectivity index (χ4n) is 5.11. The van der Waals surface area contributed by atoms with Crippen molar-refractivity contribution in [1.82, 2.24) is 10.3 Å². The molecule has 7 heteroatoms. The van der Waals surface area contributed by atoms with E-state index in [1.54, 1.807) is 30.6 Å². The second kappa shape index (κ2) is 8.04. The summed E-state index contributed by atoms with van der Waals surface area (Å²) in [5, 5.41) is 3.02. The van der Waals surface area contributed by atoms with Gasteiger partial charge in [0.1, 0.15) is 17.6 Å². The van der Waals surface area contributed by atoms with Crippen LogP contribution in [0.15, 0.2) is 42.7 Å². The van der Waals surface area contributed by atoms with Crippen molar-refractivity contribution in [2.75, 3.05) is 6.61 Å². The summed E-state index contributed by atoms with van der Waals surface area (Å²) in [5.41, 5.74) is 1.72. The molecule has 1 amide bonds. The molecule has 2 fully saturated rings. The van der Waals surface area contributed by atoms with Crippen LogP contribution in [0.25, 0.3) is 0 Å². The number of esters is 1. The normalized spacial score (nSPS) is 30.0. The number of nitrogens with zero attached hydrogens (tertiary/aromatic N) is 1. The lowest BCUT2D eigenvalue weighted by Crippen LogP contribution is -2.45. The van der Waals surface area contributed by atoms with Crippen molar-refractivity contribution >= 4 is 11.9 Å². The lowest BCUT2D eigenvalue weighted by molar-refractivity contribution is -0.134. The van der Waals surface area contributed by atoms with Crippen LogP contribution in [-0.2, 0) is 19.9 Å². The van der Waals surface area contributed by atoms with Crippen LogP contribution in [-0.4, -0.2) is 29.7 Å². The third kappa shape index (κ3) is 3.82. The number of carbonyl (C=O) groups is 2. The van der Waals surface area contributed by atoms with Crippen molar-refractivity contribution < 1.29 is 23.5 Å². The molecule has 162 valence electrons. The average molecular weight is 424 g/mol. The lowest BCUT2D eigenvalue weighted by atomic mass is 9.75. The van der Waals surface area contributed by atoms with Crippen molar-refractivity contribution in [2.24, 2.45) is 5.92 Å². The summed E-state index contributed by atoms with van der Waals surface area (Å²) >= 11 is 0. The number of hydrogen-bond donors (Lipinski definition) is 1. The number of halogens is 1. The Morgan fingerprint density at radius 1 is 1.16 bits per heavy atom. The third-order valence-corrected chi connectivity index (χ3v) is 6.88. The predicted molar refractivity (Wildman–Crippen MR) is 110 cm³/mol. The zero-order valence-corrected chi connectivity index (χ0v) is 17.2. The molecule has 1 aromatic heterocycles. The van der Waals surface area contributed by atoms with Gasteiger partial charge in [0.25, 0.3) is 0 Å². The molecule has 1 N–H and O–H groups in total. The Hall–Kier alpha value is -2.80. The minimum absolute atomic E-state index is 0.0141. The summed E-state index contributed by atoms with van der Waals surface area (Å²) in [6, 6.07) is 8.31. The van der Waals surface area contributed by atoms with E-state index in [-0.39, 0.29) is 35.8 Å². The quantitative estimate of drug-likeness (QED) is 0.758. The highest BCUT2D eigenvalue weighted by Crippen LogP contribution is 2.47. The van der Waals surface area contributed by atoms with Crippen molar-refractivity contribution in [2.45, 2.75) is 56.3 Å². The molecule has 6 nitrogen and oxygen atoms in total. The smallest absolute Gasteiger partial charge is 0.339 e. The summed E-state index contributed by atoms with van der Waals surface area (Å²) in [4.78, 5) is 29.2. The number of rotatable bonds is 3. The van der Waals surface area contributed by atoms with E-state index >= 15 is 0 Å². The number of ether oxygens (including phenoxy) is 2. The molecule has 1 spiro atoms. The van der Waals surface area contributed by atoms with E-state index in [4.69, 9.17) is 9.47 Å². The number of amides is 1. The SMILES string of the molecule is O=C1OC2(CCC(C(=O)N[C@H]3CC[C@H](c4cccc(F)c4)CO3)CC2)c2cnccc21. The van der Waals surface area contributed by atoms with Crippen molar-refractivity contribution in [1.29, 1.82) is 0 Å². The van der Waals surface area contributed by atoms with Gasteiger partial charge in [-0.2, -0.15) is 0 Å². The van der Waals surface area contributed by atoms with E-state index in [1.807, 2.05) is 6.07 Å². The standard InChI is InChI=1S/C24H25FN2O4/c25-18-3-1-2-16(12-18)17-4-5-21(30-14-17)27-22(28)15-6-9-24(10-7-15)20-13-26-11-8-19(20)23(29)31-24/h1-3,8,11-13,15,17,21H,4-7,9-10,14H2,(H,27,28)/t15?,17-,21+,24?/m0/s1. The van der Waals surface area contributed by atoms with Crippen LogP contribution in [0, 0.1) is 11.7 Å². The molecule has 0 unspecified atom stereocenters. The number of nitrogens with one attached hydrogen (secondary N) is 1. The number of benzene rings is 1. The van der Waals surface area contributed by atoms with Crippen LogP contribution >= 0.6 is 0 Å². The number of hydrogen-bond acceptors (Lipinski definition) is 5. The molecule has 2 aliphatic heterocycles. The molecule has 1 saturated heterocycles. The Bertz CT molecular complexity index is 995. The Kier molecular flexibility index (Phi) is 5.22. The first-order chi connectivity index (χ1) is 15.0. The molecule has 0 bridgehead atoms. The minimum Gasteiger partial charge on any atom is -0.450 e. The van der Waals surface area contributed by atoms with E-state index in [9.17, 15) is 14.0 Å². The first kappa shape index (κ1) is 20.1. The summed E-state index contributed by atoms with van der Waals surface area (Å²) in [7, 11) is 0. The topological polar surface area (TPSA) is 77.5 Å². The largest absolute Gasteiger partial charge is 0.450 e. The van der Waals surface area contributed by atoms with E-state index in [0.29, 0.717) is 44.3 Å². The van der Waals surface area contributed by atoms with Crippen LogP contribution in [0.5, 0.6) is 0 Å². The Morgan fingerprint density at radius 3 is 2.74 bits per heavy atom. The van der Waals surface area contributed by atoms with E-state index in [0.717, 1.165) is 17.5 Å². The maximum atomic E-state index is 13.5. The third-order valence-electron chi connectivity index (χ3n) is 6.88. The summed E-state index contributed by atoms with van der Waals surface area (Å²) < 4.78 is 25.1. The molecule has 1 aromatic carbocycles. The molecule has 0 radical (unpaired) electrons. The number of pyridine rings is 1. The van der Waals surface area contributed by atoms with Gasteiger partial charge in [-0.05, 0) is 62.3 Å². The van der Waals surface area contributed by atoms with E-state index < -0.39 is 5.60 Å². The number of carbonyl (C=O) groups excluding carboxylic acids is 2. The van der Waals surface area contributed by atoms with Crippen LogP contribution in [0.1, 0.15) is 65.9 Å². The molecule has 3 heterocycles. The average Bonchev–Trinajstić information content (AvgIpc) is 3.06. The molecule has 5 rings (SSSR count). The molecule has 3 aliphatic rings. The van der Waals surface area contributed by atoms with Gasteiger partial charge in [0.15, 0.2) is 0 Å². The van der Waals surface area contributed by atoms with E-state index in [2.05, 4.69) is 10.3 Å². The summed E-state index contributed by atoms with van der Waals surface area (Å²) in [5.74, 6) is -0.545. The second-order valence-electron chi connectivity index (χ2n) is 8.74. The van der Waals surface area contributed by atoms with Gasteiger partial charge >= 0.3 is 5.97 Å². The Labute approximate surface area is 180 Å². The van der Waals surface area contributed by atoms with Gasteiger partial charge in [-0.25, -0.2) is 9.18 Å². The van der Waals surface area contributed by atoms with Gasteiger partial charge < -0.3 is 14.8 Å². The second-order valence-corrected chi connectivity index (χ2v) is 8.74. The molecular formula is C24H25FN2O4. The predicted octanol–water partition coefficient (Wildman–Crippen LogP) is 3.81.